The number of sulfonamides is 1. The lowest BCUT2D eigenvalue weighted by Crippen LogP contribution is -2.27. The van der Waals surface area contributed by atoms with Crippen LogP contribution in [0, 0.1) is 27.7 Å². The molecule has 11 nitrogen and oxygen atoms in total. The number of hydrogen-bond acceptors (Lipinski definition) is 9. The predicted molar refractivity (Wildman–Crippen MR) is 143 cm³/mol. The van der Waals surface area contributed by atoms with Crippen molar-refractivity contribution in [3.8, 4) is 5.75 Å². The molecular weight excluding hydrogens is 564 g/mol. The van der Waals surface area contributed by atoms with Crippen molar-refractivity contribution in [1.29, 1.82) is 0 Å². The minimum atomic E-state index is -4.26. The van der Waals surface area contributed by atoms with Crippen LogP contribution in [0.2, 0.25) is 5.02 Å². The Balaban J connectivity index is 1.98. The highest BCUT2D eigenvalue weighted by Gasteiger charge is 2.26. The van der Waals surface area contributed by atoms with Crippen LogP contribution >= 0.6 is 24.2 Å². The summed E-state index contributed by atoms with van der Waals surface area (Å²) in [5.41, 5.74) is 2.12. The van der Waals surface area contributed by atoms with Gasteiger partial charge < -0.3 is 14.0 Å². The summed E-state index contributed by atoms with van der Waals surface area (Å²) >= 11 is 10.3. The summed E-state index contributed by atoms with van der Waals surface area (Å²) in [4.78, 5) is 12.8. The van der Waals surface area contributed by atoms with Gasteiger partial charge >= 0.3 is 10.3 Å². The first kappa shape index (κ1) is 28.8. The number of carbonyl (C=O) groups excluding carboxylic acids is 1. The lowest BCUT2D eigenvalue weighted by Gasteiger charge is -2.20. The highest BCUT2D eigenvalue weighted by atomic mass is 35.5. The number of benzene rings is 2. The van der Waals surface area contributed by atoms with Gasteiger partial charge in [0, 0.05) is 24.6 Å². The zero-order valence-electron chi connectivity index (χ0n) is 20.7. The van der Waals surface area contributed by atoms with Crippen LogP contribution in [-0.2, 0) is 20.3 Å². The van der Waals surface area contributed by atoms with Crippen LogP contribution in [0.25, 0.3) is 0 Å². The average Bonchev–Trinajstić information content (AvgIpc) is 3.10. The topological polar surface area (TPSA) is 148 Å². The second kappa shape index (κ2) is 10.5. The Bertz CT molecular complexity index is 1600. The second-order valence-electron chi connectivity index (χ2n) is 8.29. The minimum absolute atomic E-state index is 0.00203. The van der Waals surface area contributed by atoms with E-state index in [2.05, 4.69) is 27.8 Å². The molecule has 0 unspecified atom stereocenters. The third-order valence-electron chi connectivity index (χ3n) is 5.33. The van der Waals surface area contributed by atoms with E-state index in [1.165, 1.54) is 32.3 Å². The van der Waals surface area contributed by atoms with Crippen molar-refractivity contribution in [2.45, 2.75) is 37.5 Å². The maximum absolute atomic E-state index is 13.2. The lowest BCUT2D eigenvalue weighted by molar-refractivity contribution is 0.102. The first-order valence-electron chi connectivity index (χ1n) is 10.6. The number of amides is 1. The third-order valence-corrected chi connectivity index (χ3v) is 9.05. The molecule has 0 aliphatic heterocycles. The molecule has 0 aliphatic rings. The lowest BCUT2D eigenvalue weighted by atomic mass is 10.0. The standard InChI is InChI=1S/C22H25ClN4O7S3/c1-11-10-12(2)19(34-37(31,32)27(5)6)13(3)18(11)24-21(28)15-8-7-9-16(20(15)35)36(29,30)26-22-17(23)14(4)25-33-22/h7-10,26,35H,1-6H3,(H,24,28). The van der Waals surface area contributed by atoms with Gasteiger partial charge in [-0.2, -0.15) is 12.7 Å². The van der Waals surface area contributed by atoms with Gasteiger partial charge in [-0.25, -0.2) is 13.1 Å². The van der Waals surface area contributed by atoms with E-state index in [9.17, 15) is 21.6 Å². The van der Waals surface area contributed by atoms with Gasteiger partial charge in [-0.05, 0) is 51.0 Å². The van der Waals surface area contributed by atoms with E-state index in [0.29, 0.717) is 28.1 Å². The van der Waals surface area contributed by atoms with Crippen molar-refractivity contribution >= 4 is 62.0 Å². The van der Waals surface area contributed by atoms with Gasteiger partial charge in [-0.3, -0.25) is 4.79 Å². The molecular formula is C22H25ClN4O7S3. The van der Waals surface area contributed by atoms with Crippen molar-refractivity contribution in [2.24, 2.45) is 0 Å². The molecule has 0 radical (unpaired) electrons. The first-order chi connectivity index (χ1) is 17.1. The number of thiol groups is 1. The summed E-state index contributed by atoms with van der Waals surface area (Å²) in [6.07, 6.45) is 0. The molecule has 2 aromatic carbocycles. The Morgan fingerprint density at radius 2 is 1.76 bits per heavy atom. The zero-order valence-corrected chi connectivity index (χ0v) is 24.0. The molecule has 0 saturated carbocycles. The first-order valence-corrected chi connectivity index (χ1v) is 14.2. The number of rotatable bonds is 8. The van der Waals surface area contributed by atoms with Crippen LogP contribution in [0.4, 0.5) is 11.6 Å². The molecule has 0 fully saturated rings. The second-order valence-corrected chi connectivity index (χ2v) is 12.5. The molecule has 1 heterocycles. The Kier molecular flexibility index (Phi) is 8.19. The van der Waals surface area contributed by atoms with E-state index in [1.54, 1.807) is 33.8 Å². The Morgan fingerprint density at radius 1 is 1.11 bits per heavy atom. The molecule has 1 aromatic heterocycles. The molecule has 3 rings (SSSR count). The van der Waals surface area contributed by atoms with Gasteiger partial charge in [0.1, 0.15) is 15.6 Å². The fraction of sp³-hybridized carbons (Fsp3) is 0.273. The van der Waals surface area contributed by atoms with Gasteiger partial charge in [-0.1, -0.05) is 28.9 Å². The number of anilines is 2. The Morgan fingerprint density at radius 3 is 2.32 bits per heavy atom. The van der Waals surface area contributed by atoms with Gasteiger partial charge in [0.25, 0.3) is 21.8 Å². The van der Waals surface area contributed by atoms with E-state index in [1.807, 2.05) is 0 Å². The largest absolute Gasteiger partial charge is 0.384 e. The number of nitrogens with zero attached hydrogens (tertiary/aromatic N) is 2. The van der Waals surface area contributed by atoms with E-state index in [-0.39, 0.29) is 32.0 Å². The van der Waals surface area contributed by atoms with E-state index in [0.717, 1.165) is 4.31 Å². The number of aromatic nitrogens is 1. The predicted octanol–water partition coefficient (Wildman–Crippen LogP) is 4.09. The quantitative estimate of drug-likeness (QED) is 0.333. The molecule has 0 bridgehead atoms. The molecule has 0 atom stereocenters. The SMILES string of the molecule is Cc1cc(C)c(OS(=O)(=O)N(C)C)c(C)c1NC(=O)c1cccc(S(=O)(=O)Nc2onc(C)c2Cl)c1S. The minimum Gasteiger partial charge on any atom is -0.370 e. The molecule has 0 spiro atoms. The van der Waals surface area contributed by atoms with E-state index >= 15 is 0 Å². The Hall–Kier alpha value is -2.78. The summed E-state index contributed by atoms with van der Waals surface area (Å²) in [6.45, 7) is 6.56. The van der Waals surface area contributed by atoms with E-state index < -0.39 is 26.2 Å². The zero-order chi connectivity index (χ0) is 27.9. The smallest absolute Gasteiger partial charge is 0.370 e. The summed E-state index contributed by atoms with van der Waals surface area (Å²) < 4.78 is 63.9. The monoisotopic (exact) mass is 588 g/mol. The number of carbonyl (C=O) groups is 1. The van der Waals surface area contributed by atoms with Gasteiger partial charge in [0.15, 0.2) is 5.75 Å². The fourth-order valence-corrected chi connectivity index (χ4v) is 5.89. The number of halogens is 1. The van der Waals surface area contributed by atoms with Crippen LogP contribution in [0.3, 0.4) is 0 Å². The number of aryl methyl sites for hydroxylation is 3. The van der Waals surface area contributed by atoms with E-state index in [4.69, 9.17) is 20.3 Å². The van der Waals surface area contributed by atoms with Crippen molar-refractivity contribution < 1.29 is 30.3 Å². The van der Waals surface area contributed by atoms with Gasteiger partial charge in [0.2, 0.25) is 0 Å². The Labute approximate surface area is 225 Å². The van der Waals surface area contributed by atoms with Crippen LogP contribution in [0.15, 0.2) is 38.6 Å². The summed E-state index contributed by atoms with van der Waals surface area (Å²) in [5.74, 6) is -0.875. The van der Waals surface area contributed by atoms with Gasteiger partial charge in [-0.15, -0.1) is 12.6 Å². The normalized spacial score (nSPS) is 12.0. The van der Waals surface area contributed by atoms with Crippen molar-refractivity contribution in [3.05, 3.63) is 57.2 Å². The van der Waals surface area contributed by atoms with Crippen molar-refractivity contribution in [1.82, 2.24) is 9.46 Å². The summed E-state index contributed by atoms with van der Waals surface area (Å²) in [5, 5.41) is 6.32. The average molecular weight is 589 g/mol. The van der Waals surface area contributed by atoms with Crippen LogP contribution in [0.1, 0.15) is 32.7 Å². The molecule has 37 heavy (non-hydrogen) atoms. The molecule has 200 valence electrons. The molecule has 2 N–H and O–H groups in total. The third kappa shape index (κ3) is 5.88. The van der Waals surface area contributed by atoms with Crippen molar-refractivity contribution in [3.63, 3.8) is 0 Å². The maximum Gasteiger partial charge on any atom is 0.384 e. The molecule has 15 heteroatoms. The van der Waals surface area contributed by atoms with Gasteiger partial charge in [0.05, 0.1) is 11.3 Å². The van der Waals surface area contributed by atoms with Crippen LogP contribution in [0.5, 0.6) is 5.75 Å². The number of nitrogens with one attached hydrogen (secondary N) is 2. The maximum atomic E-state index is 13.2. The molecule has 0 saturated heterocycles. The summed E-state index contributed by atoms with van der Waals surface area (Å²) in [7, 11) is -5.64. The van der Waals surface area contributed by atoms with Crippen LogP contribution in [-0.4, -0.2) is 46.3 Å². The molecule has 0 aliphatic carbocycles. The highest BCUT2D eigenvalue weighted by Crippen LogP contribution is 2.35. The molecule has 3 aromatic rings. The van der Waals surface area contributed by atoms with Crippen molar-refractivity contribution in [2.75, 3.05) is 24.1 Å². The van der Waals surface area contributed by atoms with Crippen LogP contribution < -0.4 is 14.2 Å². The molecule has 1 amide bonds. The summed E-state index contributed by atoms with van der Waals surface area (Å²) in [6, 6.07) is 5.70. The highest BCUT2D eigenvalue weighted by molar-refractivity contribution is 7.93. The number of hydrogen-bond donors (Lipinski definition) is 3. The fourth-order valence-electron chi connectivity index (χ4n) is 3.37.